The van der Waals surface area contributed by atoms with Crippen LogP contribution in [-0.4, -0.2) is 68.0 Å². The second kappa shape index (κ2) is 9.37. The lowest BCUT2D eigenvalue weighted by Gasteiger charge is -2.47. The van der Waals surface area contributed by atoms with Crippen molar-refractivity contribution >= 4 is 12.1 Å². The number of ether oxygens (including phenoxy) is 1. The van der Waals surface area contributed by atoms with Crippen LogP contribution < -0.4 is 5.32 Å². The number of aliphatic carboxylic acids is 1. The van der Waals surface area contributed by atoms with E-state index >= 15 is 0 Å². The van der Waals surface area contributed by atoms with Crippen molar-refractivity contribution in [2.75, 3.05) is 40.3 Å². The van der Waals surface area contributed by atoms with Crippen molar-refractivity contribution in [1.29, 1.82) is 0 Å². The SMILES string of the molecule is C[N+]1(C)CCC[C@@](CN=[N+]=[N-])([C@H](NC(=O)OCC2c3ccccc3-c3ccccc32)C(=O)O)C1. The zero-order chi connectivity index (χ0) is 24.3. The van der Waals surface area contributed by atoms with Gasteiger partial charge in [-0.05, 0) is 40.6 Å². The van der Waals surface area contributed by atoms with Gasteiger partial charge in [0.15, 0.2) is 0 Å². The van der Waals surface area contributed by atoms with Crippen molar-refractivity contribution in [3.05, 3.63) is 70.1 Å². The average Bonchev–Trinajstić information content (AvgIpc) is 3.13. The molecule has 178 valence electrons. The number of amides is 1. The van der Waals surface area contributed by atoms with E-state index < -0.39 is 23.5 Å². The van der Waals surface area contributed by atoms with E-state index in [4.69, 9.17) is 10.3 Å². The van der Waals surface area contributed by atoms with Gasteiger partial charge in [0.2, 0.25) is 0 Å². The molecule has 0 saturated carbocycles. The van der Waals surface area contributed by atoms with E-state index in [0.29, 0.717) is 17.4 Å². The summed E-state index contributed by atoms with van der Waals surface area (Å²) in [6.07, 6.45) is 0.517. The molecule has 9 heteroatoms. The summed E-state index contributed by atoms with van der Waals surface area (Å²) in [6, 6.07) is 14.8. The van der Waals surface area contributed by atoms with Gasteiger partial charge in [-0.1, -0.05) is 53.6 Å². The fourth-order valence-corrected chi connectivity index (χ4v) is 5.73. The lowest BCUT2D eigenvalue weighted by molar-refractivity contribution is -0.902. The second-order valence-corrected chi connectivity index (χ2v) is 9.91. The lowest BCUT2D eigenvalue weighted by atomic mass is 9.73. The van der Waals surface area contributed by atoms with Crippen molar-refractivity contribution in [3.63, 3.8) is 0 Å². The number of carbonyl (C=O) groups excluding carboxylic acids is 1. The maximum absolute atomic E-state index is 12.9. The highest BCUT2D eigenvalue weighted by Crippen LogP contribution is 2.44. The highest BCUT2D eigenvalue weighted by Gasteiger charge is 2.50. The number of piperidine rings is 1. The van der Waals surface area contributed by atoms with Gasteiger partial charge in [-0.2, -0.15) is 0 Å². The molecule has 0 radical (unpaired) electrons. The Bertz CT molecular complexity index is 1100. The summed E-state index contributed by atoms with van der Waals surface area (Å²) in [7, 11) is 4.02. The smallest absolute Gasteiger partial charge is 0.407 e. The van der Waals surface area contributed by atoms with Crippen LogP contribution in [0.3, 0.4) is 0 Å². The highest BCUT2D eigenvalue weighted by molar-refractivity contribution is 5.81. The maximum Gasteiger partial charge on any atom is 0.407 e. The molecule has 1 aliphatic carbocycles. The van der Waals surface area contributed by atoms with Crippen LogP contribution in [0.4, 0.5) is 4.79 Å². The summed E-state index contributed by atoms with van der Waals surface area (Å²) in [5, 5.41) is 16.3. The molecular weight excluding hydrogens is 434 g/mol. The zero-order valence-corrected chi connectivity index (χ0v) is 19.5. The molecule has 1 amide bonds. The third-order valence-electron chi connectivity index (χ3n) is 7.10. The molecule has 1 heterocycles. The number of nitrogens with one attached hydrogen (secondary N) is 1. The van der Waals surface area contributed by atoms with Crippen LogP contribution in [0.2, 0.25) is 0 Å². The Morgan fingerprint density at radius 1 is 1.21 bits per heavy atom. The topological polar surface area (TPSA) is 124 Å². The predicted octanol–water partition coefficient (Wildman–Crippen LogP) is 4.15. The van der Waals surface area contributed by atoms with Crippen molar-refractivity contribution in [2.45, 2.75) is 24.8 Å². The minimum atomic E-state index is -1.23. The number of fused-ring (bicyclic) bond motifs is 3. The molecular formula is C25H30N5O4+. The third-order valence-corrected chi connectivity index (χ3v) is 7.10. The molecule has 2 atom stereocenters. The van der Waals surface area contributed by atoms with Crippen LogP contribution >= 0.6 is 0 Å². The summed E-state index contributed by atoms with van der Waals surface area (Å²) in [4.78, 5) is 28.0. The van der Waals surface area contributed by atoms with E-state index in [0.717, 1.165) is 35.2 Å². The first-order chi connectivity index (χ1) is 16.3. The molecule has 0 spiro atoms. The van der Waals surface area contributed by atoms with Gasteiger partial charge in [0.25, 0.3) is 0 Å². The van der Waals surface area contributed by atoms with Crippen LogP contribution in [0.25, 0.3) is 21.6 Å². The number of rotatable bonds is 7. The standard InChI is InChI=1S/C25H29N5O4/c1-30(2)13-7-12-25(16-30,15-27-29-26)22(23(31)32)28-24(33)34-14-21-19-10-5-3-8-17(19)18-9-4-6-11-20(18)21/h3-6,8-11,21-22H,7,12-16H2,1-2H3,(H-,28,31,32,33)/p+1/t22-,25+/m1/s1. The van der Waals surface area contributed by atoms with Crippen molar-refractivity contribution < 1.29 is 23.9 Å². The Morgan fingerprint density at radius 2 is 1.82 bits per heavy atom. The second-order valence-electron chi connectivity index (χ2n) is 9.91. The fraction of sp³-hybridized carbons (Fsp3) is 0.440. The first-order valence-corrected chi connectivity index (χ1v) is 11.4. The summed E-state index contributed by atoms with van der Waals surface area (Å²) < 4.78 is 6.17. The first kappa shape index (κ1) is 23.6. The predicted molar refractivity (Wildman–Crippen MR) is 127 cm³/mol. The number of quaternary nitrogens is 1. The van der Waals surface area contributed by atoms with Gasteiger partial charge in [-0.3, -0.25) is 0 Å². The number of nitrogens with zero attached hydrogens (tertiary/aromatic N) is 4. The van der Waals surface area contributed by atoms with Gasteiger partial charge in [0.1, 0.15) is 12.6 Å². The molecule has 2 aromatic rings. The normalized spacial score (nSPS) is 21.5. The molecule has 4 rings (SSSR count). The quantitative estimate of drug-likeness (QED) is 0.276. The van der Waals surface area contributed by atoms with Crippen LogP contribution in [0.5, 0.6) is 0 Å². The Balaban J connectivity index is 1.52. The molecule has 1 fully saturated rings. The molecule has 0 unspecified atom stereocenters. The van der Waals surface area contributed by atoms with Gasteiger partial charge in [0, 0.05) is 17.4 Å². The van der Waals surface area contributed by atoms with Crippen molar-refractivity contribution in [2.24, 2.45) is 10.5 Å². The van der Waals surface area contributed by atoms with Crippen LogP contribution in [0, 0.1) is 5.41 Å². The van der Waals surface area contributed by atoms with Crippen LogP contribution in [0.15, 0.2) is 53.6 Å². The molecule has 9 nitrogen and oxygen atoms in total. The number of hydrogen-bond acceptors (Lipinski definition) is 4. The first-order valence-electron chi connectivity index (χ1n) is 11.4. The summed E-state index contributed by atoms with van der Waals surface area (Å²) in [6.45, 7) is 1.44. The average molecular weight is 465 g/mol. The molecule has 2 aromatic carbocycles. The molecule has 2 N–H and O–H groups in total. The molecule has 34 heavy (non-hydrogen) atoms. The number of likely N-dealkylation sites (tertiary alicyclic amines) is 1. The number of carbonyl (C=O) groups is 2. The molecule has 0 aromatic heterocycles. The molecule has 0 bridgehead atoms. The zero-order valence-electron chi connectivity index (χ0n) is 19.5. The number of carboxylic acid groups (broad SMARTS) is 1. The van der Waals surface area contributed by atoms with Crippen LogP contribution in [-0.2, 0) is 9.53 Å². The van der Waals surface area contributed by atoms with Gasteiger partial charge >= 0.3 is 12.1 Å². The minimum absolute atomic E-state index is 0.00813. The number of carboxylic acids is 1. The van der Waals surface area contributed by atoms with E-state index in [1.54, 1.807) is 0 Å². The van der Waals surface area contributed by atoms with Crippen molar-refractivity contribution in [1.82, 2.24) is 5.32 Å². The lowest BCUT2D eigenvalue weighted by Crippen LogP contribution is -2.64. The minimum Gasteiger partial charge on any atom is -0.480 e. The largest absolute Gasteiger partial charge is 0.480 e. The third kappa shape index (κ3) is 4.58. The Kier molecular flexibility index (Phi) is 6.50. The van der Waals surface area contributed by atoms with E-state index in [1.165, 1.54) is 0 Å². The highest BCUT2D eigenvalue weighted by atomic mass is 16.5. The van der Waals surface area contributed by atoms with E-state index in [-0.39, 0.29) is 19.1 Å². The van der Waals surface area contributed by atoms with Crippen LogP contribution in [0.1, 0.15) is 29.9 Å². The van der Waals surface area contributed by atoms with E-state index in [1.807, 2.05) is 50.5 Å². The maximum atomic E-state index is 12.9. The molecule has 1 saturated heterocycles. The monoisotopic (exact) mass is 464 g/mol. The van der Waals surface area contributed by atoms with Gasteiger partial charge in [-0.25, -0.2) is 9.59 Å². The fourth-order valence-electron chi connectivity index (χ4n) is 5.73. The number of hydrogen-bond donors (Lipinski definition) is 2. The van der Waals surface area contributed by atoms with E-state index in [2.05, 4.69) is 27.5 Å². The summed E-state index contributed by atoms with van der Waals surface area (Å²) in [5.74, 6) is -1.28. The number of alkyl carbamates (subject to hydrolysis) is 1. The Hall–Kier alpha value is -3.55. The molecule has 2 aliphatic rings. The van der Waals surface area contributed by atoms with Gasteiger partial charge in [-0.15, -0.1) is 0 Å². The van der Waals surface area contributed by atoms with E-state index in [9.17, 15) is 14.7 Å². The van der Waals surface area contributed by atoms with Gasteiger partial charge in [0.05, 0.1) is 32.6 Å². The van der Waals surface area contributed by atoms with Crippen molar-refractivity contribution in [3.8, 4) is 11.1 Å². The number of benzene rings is 2. The summed E-state index contributed by atoms with van der Waals surface area (Å²) >= 11 is 0. The van der Waals surface area contributed by atoms with Gasteiger partial charge < -0.3 is 19.6 Å². The Labute approximate surface area is 198 Å². The molecule has 1 aliphatic heterocycles. The number of azide groups is 1. The summed E-state index contributed by atoms with van der Waals surface area (Å²) in [5.41, 5.74) is 12.4. The Morgan fingerprint density at radius 3 is 2.38 bits per heavy atom.